The molecule has 0 atom stereocenters. The van der Waals surface area contributed by atoms with Crippen LogP contribution >= 0.6 is 0 Å². The average molecular weight is 421 g/mol. The van der Waals surface area contributed by atoms with Crippen LogP contribution in [0.25, 0.3) is 0 Å². The summed E-state index contributed by atoms with van der Waals surface area (Å²) in [4.78, 5) is 22.2. The molecule has 0 saturated carbocycles. The highest BCUT2D eigenvalue weighted by Gasteiger charge is 2.30. The molecule has 1 aromatic carbocycles. The lowest BCUT2D eigenvalue weighted by Crippen LogP contribution is -2.49. The lowest BCUT2D eigenvalue weighted by atomic mass is 10.2. The van der Waals surface area contributed by atoms with Gasteiger partial charge in [0.25, 0.3) is 5.91 Å². The summed E-state index contributed by atoms with van der Waals surface area (Å²) in [6.45, 7) is 3.22. The molecule has 2 heterocycles. The number of methoxy groups -OCH3 is 2. The summed E-state index contributed by atoms with van der Waals surface area (Å²) < 4.78 is 37.7. The van der Waals surface area contributed by atoms with Crippen LogP contribution in [0.5, 0.6) is 11.6 Å². The number of hydrogen-bond acceptors (Lipinski definition) is 8. The van der Waals surface area contributed by atoms with Crippen LogP contribution in [0.4, 0.5) is 5.82 Å². The summed E-state index contributed by atoms with van der Waals surface area (Å²) in [5.41, 5.74) is 5.37. The van der Waals surface area contributed by atoms with Crippen molar-refractivity contribution in [1.82, 2.24) is 14.3 Å². The van der Waals surface area contributed by atoms with Crippen LogP contribution in [0.3, 0.4) is 0 Å². The molecule has 2 N–H and O–H groups in total. The number of sulfonamides is 1. The molecule has 1 fully saturated rings. The lowest BCUT2D eigenvalue weighted by molar-refractivity contribution is 0.0997. The van der Waals surface area contributed by atoms with Crippen molar-refractivity contribution in [3.63, 3.8) is 0 Å². The number of ether oxygens (including phenoxy) is 2. The Morgan fingerprint density at radius 3 is 2.34 bits per heavy atom. The van der Waals surface area contributed by atoms with E-state index >= 15 is 0 Å². The minimum absolute atomic E-state index is 0.0000924. The van der Waals surface area contributed by atoms with E-state index in [-0.39, 0.29) is 29.3 Å². The highest BCUT2D eigenvalue weighted by molar-refractivity contribution is 7.89. The first-order valence-corrected chi connectivity index (χ1v) is 10.3. The Morgan fingerprint density at radius 2 is 1.76 bits per heavy atom. The number of nitrogens with two attached hydrogens (primary N) is 1. The Balaban J connectivity index is 1.79. The quantitative estimate of drug-likeness (QED) is 0.710. The van der Waals surface area contributed by atoms with Crippen molar-refractivity contribution in [1.29, 1.82) is 0 Å². The van der Waals surface area contributed by atoms with Gasteiger partial charge in [0.05, 0.1) is 24.7 Å². The minimum Gasteiger partial charge on any atom is -0.496 e. The van der Waals surface area contributed by atoms with Gasteiger partial charge in [0, 0.05) is 32.2 Å². The van der Waals surface area contributed by atoms with E-state index in [1.165, 1.54) is 36.7 Å². The van der Waals surface area contributed by atoms with Crippen molar-refractivity contribution in [2.45, 2.75) is 11.8 Å². The van der Waals surface area contributed by atoms with E-state index in [4.69, 9.17) is 15.2 Å². The van der Waals surface area contributed by atoms with E-state index in [1.807, 2.05) is 4.90 Å². The maximum Gasteiger partial charge on any atom is 0.252 e. The van der Waals surface area contributed by atoms with Gasteiger partial charge in [0.1, 0.15) is 17.4 Å². The van der Waals surface area contributed by atoms with Gasteiger partial charge in [0.15, 0.2) is 0 Å². The molecule has 1 saturated heterocycles. The van der Waals surface area contributed by atoms with E-state index < -0.39 is 15.9 Å². The van der Waals surface area contributed by atoms with Crippen LogP contribution in [-0.4, -0.2) is 69.0 Å². The molecule has 1 aromatic heterocycles. The summed E-state index contributed by atoms with van der Waals surface area (Å²) in [5, 5.41) is 0. The van der Waals surface area contributed by atoms with E-state index in [0.717, 1.165) is 0 Å². The van der Waals surface area contributed by atoms with Crippen LogP contribution in [0.1, 0.15) is 16.2 Å². The number of piperazine rings is 1. The number of hydrogen-bond donors (Lipinski definition) is 1. The monoisotopic (exact) mass is 421 g/mol. The number of nitrogens with zero attached hydrogens (tertiary/aromatic N) is 4. The van der Waals surface area contributed by atoms with Crippen LogP contribution in [0.2, 0.25) is 0 Å². The molecule has 156 valence electrons. The second kappa shape index (κ2) is 8.21. The molecular formula is C18H23N5O5S. The van der Waals surface area contributed by atoms with Gasteiger partial charge in [-0.15, -0.1) is 0 Å². The van der Waals surface area contributed by atoms with E-state index in [2.05, 4.69) is 9.97 Å². The predicted octanol–water partition coefficient (Wildman–Crippen LogP) is 0.412. The molecular weight excluding hydrogens is 398 g/mol. The number of carbonyl (C=O) groups is 1. The predicted molar refractivity (Wildman–Crippen MR) is 106 cm³/mol. The second-order valence-corrected chi connectivity index (χ2v) is 8.37. The Kier molecular flexibility index (Phi) is 5.89. The number of rotatable bonds is 6. The number of amides is 1. The highest BCUT2D eigenvalue weighted by atomic mass is 32.2. The van der Waals surface area contributed by atoms with Crippen LogP contribution < -0.4 is 20.1 Å². The molecule has 1 aliphatic heterocycles. The van der Waals surface area contributed by atoms with Crippen LogP contribution in [0, 0.1) is 6.92 Å². The molecule has 0 aliphatic carbocycles. The van der Waals surface area contributed by atoms with Crippen LogP contribution in [-0.2, 0) is 10.0 Å². The fraction of sp³-hybridized carbons (Fsp3) is 0.389. The van der Waals surface area contributed by atoms with Crippen molar-refractivity contribution in [2.75, 3.05) is 45.3 Å². The first-order valence-electron chi connectivity index (χ1n) is 8.89. The van der Waals surface area contributed by atoms with Gasteiger partial charge in [-0.25, -0.2) is 13.4 Å². The maximum atomic E-state index is 13.0. The van der Waals surface area contributed by atoms with Crippen LogP contribution in [0.15, 0.2) is 29.2 Å². The van der Waals surface area contributed by atoms with Gasteiger partial charge >= 0.3 is 0 Å². The SMILES string of the molecule is COc1cc(N2CCN(S(=O)(=O)c3ccc(OC)c(C(N)=O)c3)CC2)nc(C)n1. The zero-order valence-corrected chi connectivity index (χ0v) is 17.3. The highest BCUT2D eigenvalue weighted by Crippen LogP contribution is 2.26. The normalized spacial score (nSPS) is 15.2. The first-order chi connectivity index (χ1) is 13.8. The summed E-state index contributed by atoms with van der Waals surface area (Å²) in [5.74, 6) is 1.20. The molecule has 3 rings (SSSR count). The maximum absolute atomic E-state index is 13.0. The number of benzene rings is 1. The van der Waals surface area contributed by atoms with Gasteiger partial charge in [-0.05, 0) is 25.1 Å². The number of aryl methyl sites for hydroxylation is 1. The fourth-order valence-electron chi connectivity index (χ4n) is 3.14. The zero-order chi connectivity index (χ0) is 21.2. The number of anilines is 1. The largest absolute Gasteiger partial charge is 0.496 e. The molecule has 29 heavy (non-hydrogen) atoms. The average Bonchev–Trinajstić information content (AvgIpc) is 2.72. The molecule has 11 heteroatoms. The van der Waals surface area contributed by atoms with E-state index in [0.29, 0.717) is 30.6 Å². The number of primary amides is 1. The topological polar surface area (TPSA) is 128 Å². The van der Waals surface area contributed by atoms with Crippen molar-refractivity contribution in [3.05, 3.63) is 35.7 Å². The Morgan fingerprint density at radius 1 is 1.07 bits per heavy atom. The van der Waals surface area contributed by atoms with Crippen molar-refractivity contribution >= 4 is 21.7 Å². The molecule has 10 nitrogen and oxygen atoms in total. The minimum atomic E-state index is -3.78. The Labute approximate surface area is 169 Å². The van der Waals surface area contributed by atoms with Crippen molar-refractivity contribution < 1.29 is 22.7 Å². The molecule has 0 spiro atoms. The third kappa shape index (κ3) is 4.25. The second-order valence-electron chi connectivity index (χ2n) is 6.43. The number of aromatic nitrogens is 2. The number of carbonyl (C=O) groups excluding carboxylic acids is 1. The van der Waals surface area contributed by atoms with Gasteiger partial charge in [-0.1, -0.05) is 0 Å². The first kappa shape index (κ1) is 20.8. The lowest BCUT2D eigenvalue weighted by Gasteiger charge is -2.34. The van der Waals surface area contributed by atoms with Gasteiger partial charge in [0.2, 0.25) is 15.9 Å². The Hall–Kier alpha value is -2.92. The third-order valence-corrected chi connectivity index (χ3v) is 6.54. The molecule has 0 unspecified atom stereocenters. The zero-order valence-electron chi connectivity index (χ0n) is 16.5. The molecule has 0 bridgehead atoms. The summed E-state index contributed by atoms with van der Waals surface area (Å²) in [6.07, 6.45) is 0. The molecule has 1 aliphatic rings. The standard InChI is InChI=1S/C18H23N5O5S/c1-12-20-16(11-17(21-12)28-3)22-6-8-23(9-7-22)29(25,26)13-4-5-15(27-2)14(10-13)18(19)24/h4-5,10-11H,6-9H2,1-3H3,(H2,19,24). The van der Waals surface area contributed by atoms with E-state index in [9.17, 15) is 13.2 Å². The van der Waals surface area contributed by atoms with Crippen molar-refractivity contribution in [3.8, 4) is 11.6 Å². The van der Waals surface area contributed by atoms with E-state index in [1.54, 1.807) is 13.0 Å². The fourth-order valence-corrected chi connectivity index (χ4v) is 4.59. The summed E-state index contributed by atoms with van der Waals surface area (Å²) in [6, 6.07) is 5.81. The van der Waals surface area contributed by atoms with Gasteiger partial charge in [-0.2, -0.15) is 9.29 Å². The molecule has 1 amide bonds. The smallest absolute Gasteiger partial charge is 0.252 e. The molecule has 0 radical (unpaired) electrons. The Bertz CT molecular complexity index is 1020. The van der Waals surface area contributed by atoms with Gasteiger partial charge < -0.3 is 20.1 Å². The summed E-state index contributed by atoms with van der Waals surface area (Å²) >= 11 is 0. The third-order valence-electron chi connectivity index (χ3n) is 4.65. The van der Waals surface area contributed by atoms with Crippen molar-refractivity contribution in [2.24, 2.45) is 5.73 Å². The molecule has 2 aromatic rings. The summed E-state index contributed by atoms with van der Waals surface area (Å²) in [7, 11) is -0.863. The van der Waals surface area contributed by atoms with Gasteiger partial charge in [-0.3, -0.25) is 4.79 Å².